The predicted octanol–water partition coefficient (Wildman–Crippen LogP) is 2.80. The van der Waals surface area contributed by atoms with Crippen molar-refractivity contribution >= 4 is 26.7 Å². The number of benzene rings is 2. The van der Waals surface area contributed by atoms with Gasteiger partial charge in [-0.05, 0) is 38.1 Å². The van der Waals surface area contributed by atoms with Gasteiger partial charge in [0.05, 0.1) is 16.2 Å². The van der Waals surface area contributed by atoms with E-state index in [9.17, 15) is 13.2 Å². The molecule has 0 fully saturated rings. The molecular weight excluding hydrogens is 340 g/mol. The number of para-hydroxylation sites is 1. The van der Waals surface area contributed by atoms with Crippen molar-refractivity contribution in [2.24, 2.45) is 5.10 Å². The van der Waals surface area contributed by atoms with Crippen LogP contribution in [-0.2, 0) is 10.0 Å². The fraction of sp³-hybridized carbons (Fsp3) is 0.111. The van der Waals surface area contributed by atoms with E-state index in [0.717, 1.165) is 10.9 Å². The molecule has 0 amide bonds. The van der Waals surface area contributed by atoms with Crippen LogP contribution in [0.5, 0.6) is 0 Å². The van der Waals surface area contributed by atoms with E-state index in [0.29, 0.717) is 5.58 Å². The average Bonchev–Trinajstić information content (AvgIpc) is 2.59. The van der Waals surface area contributed by atoms with E-state index in [-0.39, 0.29) is 16.2 Å². The Morgan fingerprint density at radius 3 is 2.48 bits per heavy atom. The van der Waals surface area contributed by atoms with Crippen LogP contribution in [0.2, 0.25) is 0 Å². The molecule has 0 spiro atoms. The first kappa shape index (κ1) is 16.9. The molecule has 1 aromatic heterocycles. The Morgan fingerprint density at radius 2 is 1.76 bits per heavy atom. The number of fused-ring (bicyclic) bond motifs is 1. The highest BCUT2D eigenvalue weighted by Gasteiger charge is 2.14. The maximum atomic E-state index is 12.3. The number of sulfonamides is 1. The van der Waals surface area contributed by atoms with Gasteiger partial charge in [0, 0.05) is 5.39 Å². The van der Waals surface area contributed by atoms with Crippen LogP contribution >= 0.6 is 0 Å². The molecule has 7 heteroatoms. The Balaban J connectivity index is 1.92. The molecular formula is C18H16N2O4S. The van der Waals surface area contributed by atoms with E-state index >= 15 is 0 Å². The number of hydrazone groups is 1. The summed E-state index contributed by atoms with van der Waals surface area (Å²) < 4.78 is 29.7. The van der Waals surface area contributed by atoms with Crippen molar-refractivity contribution in [3.8, 4) is 0 Å². The molecule has 0 saturated heterocycles. The van der Waals surface area contributed by atoms with Crippen LogP contribution < -0.4 is 10.5 Å². The second kappa shape index (κ2) is 6.52. The molecule has 0 radical (unpaired) electrons. The van der Waals surface area contributed by atoms with E-state index in [4.69, 9.17) is 4.42 Å². The minimum Gasteiger partial charge on any atom is -0.422 e. The van der Waals surface area contributed by atoms with Gasteiger partial charge >= 0.3 is 5.63 Å². The quantitative estimate of drug-likeness (QED) is 0.442. The molecule has 6 nitrogen and oxygen atoms in total. The molecule has 3 aromatic rings. The highest BCUT2D eigenvalue weighted by atomic mass is 32.2. The second-order valence-electron chi connectivity index (χ2n) is 5.59. The largest absolute Gasteiger partial charge is 0.422 e. The lowest BCUT2D eigenvalue weighted by molar-refractivity contribution is 0.559. The van der Waals surface area contributed by atoms with Gasteiger partial charge in [-0.1, -0.05) is 35.9 Å². The fourth-order valence-electron chi connectivity index (χ4n) is 2.27. The van der Waals surface area contributed by atoms with E-state index in [2.05, 4.69) is 9.93 Å². The summed E-state index contributed by atoms with van der Waals surface area (Å²) in [7, 11) is -3.81. The monoisotopic (exact) mass is 356 g/mol. The van der Waals surface area contributed by atoms with E-state index in [1.807, 2.05) is 13.0 Å². The van der Waals surface area contributed by atoms with Gasteiger partial charge in [0.25, 0.3) is 10.0 Å². The SMILES string of the molecule is C/C(=N/NS(=O)(=O)c1ccc(C)cc1)c1cc2ccccc2oc1=O. The molecule has 2 aromatic carbocycles. The first-order valence-electron chi connectivity index (χ1n) is 7.53. The molecule has 1 N–H and O–H groups in total. The summed E-state index contributed by atoms with van der Waals surface area (Å²) in [6.45, 7) is 3.41. The summed E-state index contributed by atoms with van der Waals surface area (Å²) in [5.74, 6) is 0. The molecule has 0 unspecified atom stereocenters. The lowest BCUT2D eigenvalue weighted by Gasteiger charge is -2.06. The van der Waals surface area contributed by atoms with Gasteiger partial charge in [0.2, 0.25) is 0 Å². The first-order chi connectivity index (χ1) is 11.9. The average molecular weight is 356 g/mol. The third kappa shape index (κ3) is 3.61. The van der Waals surface area contributed by atoms with Crippen molar-refractivity contribution < 1.29 is 12.8 Å². The molecule has 3 rings (SSSR count). The van der Waals surface area contributed by atoms with Crippen molar-refractivity contribution in [2.45, 2.75) is 18.7 Å². The molecule has 0 saturated carbocycles. The summed E-state index contributed by atoms with van der Waals surface area (Å²) >= 11 is 0. The minimum absolute atomic E-state index is 0.0974. The van der Waals surface area contributed by atoms with Crippen molar-refractivity contribution in [2.75, 3.05) is 0 Å². The van der Waals surface area contributed by atoms with Gasteiger partial charge in [-0.3, -0.25) is 0 Å². The van der Waals surface area contributed by atoms with Crippen molar-refractivity contribution in [1.82, 2.24) is 4.83 Å². The van der Waals surface area contributed by atoms with E-state index in [1.165, 1.54) is 12.1 Å². The van der Waals surface area contributed by atoms with Gasteiger partial charge < -0.3 is 4.42 Å². The van der Waals surface area contributed by atoms with Crippen molar-refractivity contribution in [1.29, 1.82) is 0 Å². The summed E-state index contributed by atoms with van der Waals surface area (Å²) in [6, 6.07) is 15.1. The van der Waals surface area contributed by atoms with Crippen LogP contribution in [0, 0.1) is 6.92 Å². The highest BCUT2D eigenvalue weighted by Crippen LogP contribution is 2.13. The Bertz CT molecular complexity index is 1110. The summed E-state index contributed by atoms with van der Waals surface area (Å²) in [5, 5.41) is 4.58. The van der Waals surface area contributed by atoms with Crippen LogP contribution in [0.15, 0.2) is 73.8 Å². The summed E-state index contributed by atoms with van der Waals surface area (Å²) in [4.78, 5) is 14.3. The number of rotatable bonds is 4. The molecule has 0 atom stereocenters. The summed E-state index contributed by atoms with van der Waals surface area (Å²) in [6.07, 6.45) is 0. The van der Waals surface area contributed by atoms with E-state index in [1.54, 1.807) is 43.3 Å². The van der Waals surface area contributed by atoms with Gasteiger partial charge in [0.1, 0.15) is 5.58 Å². The van der Waals surface area contributed by atoms with Crippen LogP contribution in [0.4, 0.5) is 0 Å². The Hall–Kier alpha value is -2.93. The topological polar surface area (TPSA) is 88.7 Å². The molecule has 1 heterocycles. The van der Waals surface area contributed by atoms with Crippen molar-refractivity contribution in [3.05, 3.63) is 76.1 Å². The van der Waals surface area contributed by atoms with Crippen molar-refractivity contribution in [3.63, 3.8) is 0 Å². The zero-order chi connectivity index (χ0) is 18.0. The normalized spacial score (nSPS) is 12.3. The van der Waals surface area contributed by atoms with Gasteiger partial charge in [-0.2, -0.15) is 18.4 Å². The highest BCUT2D eigenvalue weighted by molar-refractivity contribution is 7.89. The number of aryl methyl sites for hydroxylation is 1. The molecule has 0 bridgehead atoms. The number of nitrogens with one attached hydrogen (secondary N) is 1. The smallest absolute Gasteiger partial charge is 0.345 e. The van der Waals surface area contributed by atoms with Crippen LogP contribution in [-0.4, -0.2) is 14.1 Å². The second-order valence-corrected chi connectivity index (χ2v) is 7.25. The van der Waals surface area contributed by atoms with Crippen LogP contribution in [0.25, 0.3) is 11.0 Å². The Morgan fingerprint density at radius 1 is 1.08 bits per heavy atom. The van der Waals surface area contributed by atoms with Gasteiger partial charge in [-0.25, -0.2) is 4.79 Å². The maximum absolute atomic E-state index is 12.3. The number of hydrogen-bond acceptors (Lipinski definition) is 5. The maximum Gasteiger partial charge on any atom is 0.345 e. The zero-order valence-corrected chi connectivity index (χ0v) is 14.5. The molecule has 25 heavy (non-hydrogen) atoms. The number of nitrogens with zero attached hydrogens (tertiary/aromatic N) is 1. The minimum atomic E-state index is -3.81. The molecule has 0 aliphatic rings. The lowest BCUT2D eigenvalue weighted by Crippen LogP contribution is -2.21. The number of hydrogen-bond donors (Lipinski definition) is 1. The Labute approximate surface area is 144 Å². The standard InChI is InChI=1S/C18H16N2O4S/c1-12-7-9-15(10-8-12)25(22,23)20-19-13(2)16-11-14-5-3-4-6-17(14)24-18(16)21/h3-11,20H,1-2H3/b19-13-. The van der Waals surface area contributed by atoms with Gasteiger partial charge in [0.15, 0.2) is 0 Å². The zero-order valence-electron chi connectivity index (χ0n) is 13.7. The predicted molar refractivity (Wildman–Crippen MR) is 96.2 cm³/mol. The fourth-order valence-corrected chi connectivity index (χ4v) is 3.13. The Kier molecular flexibility index (Phi) is 4.41. The lowest BCUT2D eigenvalue weighted by atomic mass is 10.1. The van der Waals surface area contributed by atoms with Crippen LogP contribution in [0.3, 0.4) is 0 Å². The van der Waals surface area contributed by atoms with Crippen LogP contribution in [0.1, 0.15) is 18.1 Å². The summed E-state index contributed by atoms with van der Waals surface area (Å²) in [5.41, 5.74) is 1.26. The third-order valence-electron chi connectivity index (χ3n) is 3.70. The molecule has 128 valence electrons. The molecule has 0 aliphatic carbocycles. The van der Waals surface area contributed by atoms with Gasteiger partial charge in [-0.15, -0.1) is 0 Å². The molecule has 0 aliphatic heterocycles. The first-order valence-corrected chi connectivity index (χ1v) is 9.01. The van der Waals surface area contributed by atoms with E-state index < -0.39 is 15.6 Å². The third-order valence-corrected chi connectivity index (χ3v) is 4.92.